The molecule has 4 heteroatoms. The summed E-state index contributed by atoms with van der Waals surface area (Å²) in [5.74, 6) is -0.0419. The highest BCUT2D eigenvalue weighted by molar-refractivity contribution is 6.01. The summed E-state index contributed by atoms with van der Waals surface area (Å²) in [6.45, 7) is 0. The van der Waals surface area contributed by atoms with Gasteiger partial charge >= 0.3 is 0 Å². The number of nitrogens with zero attached hydrogens (tertiary/aromatic N) is 1. The summed E-state index contributed by atoms with van der Waals surface area (Å²) in [6, 6.07) is 13.1. The van der Waals surface area contributed by atoms with E-state index in [2.05, 4.69) is 5.16 Å². The van der Waals surface area contributed by atoms with Crippen LogP contribution in [0.2, 0.25) is 0 Å². The Labute approximate surface area is 110 Å². The molecule has 1 heterocycles. The standard InChI is InChI=1S/C15H12FNO2/c16-12-5-1-11(2-6-12)15-9-14(17-19-15)10-3-7-13(18)8-4-10/h1-8,15,18H,9H2/t15-/m1/s1. The molecule has 0 saturated heterocycles. The zero-order valence-electron chi connectivity index (χ0n) is 10.1. The molecular formula is C15H12FNO2. The largest absolute Gasteiger partial charge is 0.508 e. The Morgan fingerprint density at radius 1 is 1.05 bits per heavy atom. The summed E-state index contributed by atoms with van der Waals surface area (Å²) < 4.78 is 12.9. The molecule has 0 radical (unpaired) electrons. The maximum atomic E-state index is 12.9. The molecule has 2 aromatic carbocycles. The van der Waals surface area contributed by atoms with Gasteiger partial charge in [0.25, 0.3) is 0 Å². The van der Waals surface area contributed by atoms with Gasteiger partial charge in [0.1, 0.15) is 11.6 Å². The minimum atomic E-state index is -0.263. The highest BCUT2D eigenvalue weighted by Gasteiger charge is 2.23. The van der Waals surface area contributed by atoms with Crippen molar-refractivity contribution in [1.29, 1.82) is 0 Å². The third-order valence-corrected chi connectivity index (χ3v) is 3.11. The summed E-state index contributed by atoms with van der Waals surface area (Å²) in [5, 5.41) is 13.3. The quantitative estimate of drug-likeness (QED) is 0.895. The highest BCUT2D eigenvalue weighted by atomic mass is 19.1. The van der Waals surface area contributed by atoms with E-state index in [9.17, 15) is 9.50 Å². The topological polar surface area (TPSA) is 41.8 Å². The molecule has 0 aromatic heterocycles. The van der Waals surface area contributed by atoms with Crippen LogP contribution < -0.4 is 0 Å². The van der Waals surface area contributed by atoms with Crippen LogP contribution in [0, 0.1) is 5.82 Å². The molecule has 1 aliphatic heterocycles. The number of hydrogen-bond acceptors (Lipinski definition) is 3. The maximum absolute atomic E-state index is 12.9. The van der Waals surface area contributed by atoms with Gasteiger partial charge in [-0.25, -0.2) is 4.39 Å². The summed E-state index contributed by atoms with van der Waals surface area (Å²) >= 11 is 0. The van der Waals surface area contributed by atoms with Crippen molar-refractivity contribution in [1.82, 2.24) is 0 Å². The van der Waals surface area contributed by atoms with Gasteiger partial charge in [0.05, 0.1) is 5.71 Å². The lowest BCUT2D eigenvalue weighted by Gasteiger charge is -2.07. The maximum Gasteiger partial charge on any atom is 0.158 e. The molecule has 96 valence electrons. The first-order chi connectivity index (χ1) is 9.22. The fourth-order valence-corrected chi connectivity index (χ4v) is 2.06. The number of phenolic OH excluding ortho intramolecular Hbond substituents is 1. The molecular weight excluding hydrogens is 245 g/mol. The Balaban J connectivity index is 1.76. The highest BCUT2D eigenvalue weighted by Crippen LogP contribution is 2.29. The van der Waals surface area contributed by atoms with E-state index >= 15 is 0 Å². The van der Waals surface area contributed by atoms with Crippen molar-refractivity contribution in [2.45, 2.75) is 12.5 Å². The van der Waals surface area contributed by atoms with E-state index in [1.165, 1.54) is 12.1 Å². The Morgan fingerprint density at radius 3 is 2.42 bits per heavy atom. The number of aromatic hydroxyl groups is 1. The van der Waals surface area contributed by atoms with Gasteiger partial charge < -0.3 is 9.94 Å². The molecule has 0 bridgehead atoms. The SMILES string of the molecule is Oc1ccc(C2=NO[C@@H](c3ccc(F)cc3)C2)cc1. The predicted octanol–water partition coefficient (Wildman–Crippen LogP) is 3.40. The Morgan fingerprint density at radius 2 is 1.74 bits per heavy atom. The Hall–Kier alpha value is -2.36. The first-order valence-electron chi connectivity index (χ1n) is 6.00. The molecule has 0 fully saturated rings. The molecule has 0 aliphatic carbocycles. The lowest BCUT2D eigenvalue weighted by molar-refractivity contribution is 0.0857. The van der Waals surface area contributed by atoms with E-state index < -0.39 is 0 Å². The van der Waals surface area contributed by atoms with Crippen molar-refractivity contribution in [3.05, 3.63) is 65.5 Å². The first kappa shape index (κ1) is 11.7. The average molecular weight is 257 g/mol. The fraction of sp³-hybridized carbons (Fsp3) is 0.133. The van der Waals surface area contributed by atoms with E-state index in [1.54, 1.807) is 36.4 Å². The zero-order chi connectivity index (χ0) is 13.2. The molecule has 3 nitrogen and oxygen atoms in total. The van der Waals surface area contributed by atoms with Gasteiger partial charge in [0.2, 0.25) is 0 Å². The summed E-state index contributed by atoms with van der Waals surface area (Å²) in [7, 11) is 0. The number of phenols is 1. The number of benzene rings is 2. The summed E-state index contributed by atoms with van der Waals surface area (Å²) in [5.41, 5.74) is 2.65. The van der Waals surface area contributed by atoms with Crippen molar-refractivity contribution in [2.75, 3.05) is 0 Å². The smallest absolute Gasteiger partial charge is 0.158 e. The van der Waals surface area contributed by atoms with Crippen LogP contribution in [0.4, 0.5) is 4.39 Å². The Kier molecular flexibility index (Phi) is 2.91. The van der Waals surface area contributed by atoms with E-state index in [-0.39, 0.29) is 17.7 Å². The van der Waals surface area contributed by atoms with E-state index in [0.717, 1.165) is 16.8 Å². The second kappa shape index (κ2) is 4.72. The summed E-state index contributed by atoms with van der Waals surface area (Å²) in [4.78, 5) is 5.38. The van der Waals surface area contributed by atoms with Crippen LogP contribution in [0.15, 0.2) is 53.7 Å². The van der Waals surface area contributed by atoms with Gasteiger partial charge in [-0.3, -0.25) is 0 Å². The predicted molar refractivity (Wildman–Crippen MR) is 69.5 cm³/mol. The molecule has 19 heavy (non-hydrogen) atoms. The van der Waals surface area contributed by atoms with Crippen LogP contribution in [-0.2, 0) is 4.84 Å². The molecule has 0 spiro atoms. The molecule has 1 N–H and O–H groups in total. The number of oxime groups is 1. The van der Waals surface area contributed by atoms with Crippen LogP contribution in [0.5, 0.6) is 5.75 Å². The lowest BCUT2D eigenvalue weighted by atomic mass is 10.0. The normalized spacial score (nSPS) is 17.9. The zero-order valence-corrected chi connectivity index (χ0v) is 10.1. The number of halogens is 1. The summed E-state index contributed by atoms with van der Waals surface area (Å²) in [6.07, 6.45) is 0.459. The van der Waals surface area contributed by atoms with Gasteiger partial charge in [-0.05, 0) is 47.5 Å². The van der Waals surface area contributed by atoms with Crippen LogP contribution in [0.1, 0.15) is 23.7 Å². The molecule has 0 saturated carbocycles. The second-order valence-electron chi connectivity index (χ2n) is 4.43. The van der Waals surface area contributed by atoms with Gasteiger partial charge in [-0.2, -0.15) is 0 Å². The molecule has 1 atom stereocenters. The minimum absolute atomic E-state index is 0.176. The second-order valence-corrected chi connectivity index (χ2v) is 4.43. The molecule has 0 unspecified atom stereocenters. The molecule has 0 amide bonds. The van der Waals surface area contributed by atoms with E-state index in [0.29, 0.717) is 6.42 Å². The van der Waals surface area contributed by atoms with Crippen molar-refractivity contribution in [3.63, 3.8) is 0 Å². The fourth-order valence-electron chi connectivity index (χ4n) is 2.06. The van der Waals surface area contributed by atoms with Crippen LogP contribution in [0.3, 0.4) is 0 Å². The third-order valence-electron chi connectivity index (χ3n) is 3.11. The van der Waals surface area contributed by atoms with Gasteiger partial charge in [0, 0.05) is 6.42 Å². The van der Waals surface area contributed by atoms with Crippen LogP contribution >= 0.6 is 0 Å². The van der Waals surface area contributed by atoms with Gasteiger partial charge in [-0.1, -0.05) is 17.3 Å². The van der Waals surface area contributed by atoms with E-state index in [1.807, 2.05) is 0 Å². The van der Waals surface area contributed by atoms with Crippen LogP contribution in [0.25, 0.3) is 0 Å². The molecule has 2 aromatic rings. The monoisotopic (exact) mass is 257 g/mol. The van der Waals surface area contributed by atoms with Crippen molar-refractivity contribution < 1.29 is 14.3 Å². The number of hydrogen-bond donors (Lipinski definition) is 1. The number of rotatable bonds is 2. The van der Waals surface area contributed by atoms with Crippen molar-refractivity contribution in [3.8, 4) is 5.75 Å². The van der Waals surface area contributed by atoms with Crippen molar-refractivity contribution in [2.24, 2.45) is 5.16 Å². The van der Waals surface area contributed by atoms with Gasteiger partial charge in [0.15, 0.2) is 6.10 Å². The average Bonchev–Trinajstić information content (AvgIpc) is 2.90. The molecule has 1 aliphatic rings. The van der Waals surface area contributed by atoms with Gasteiger partial charge in [-0.15, -0.1) is 0 Å². The third kappa shape index (κ3) is 2.42. The van der Waals surface area contributed by atoms with E-state index in [4.69, 9.17) is 4.84 Å². The molecule has 3 rings (SSSR count). The lowest BCUT2D eigenvalue weighted by Crippen LogP contribution is -2.01. The van der Waals surface area contributed by atoms with Crippen molar-refractivity contribution >= 4 is 5.71 Å². The van der Waals surface area contributed by atoms with Crippen LogP contribution in [-0.4, -0.2) is 10.8 Å². The minimum Gasteiger partial charge on any atom is -0.508 e. The Bertz CT molecular complexity index is 605. The first-order valence-corrected chi connectivity index (χ1v) is 6.00.